The number of pyridine rings is 2. The number of ether oxygens (including phenoxy) is 1. The number of methoxy groups -OCH3 is 1. The minimum atomic E-state index is -0.144. The van der Waals surface area contributed by atoms with E-state index in [2.05, 4.69) is 9.97 Å². The number of carbonyl (C=O) groups excluding carboxylic acids is 1. The first-order chi connectivity index (χ1) is 10.2. The molecular formula is C15H16N2O4. The van der Waals surface area contributed by atoms with Crippen LogP contribution in [0.25, 0.3) is 6.08 Å². The van der Waals surface area contributed by atoms with Gasteiger partial charge in [0.25, 0.3) is 0 Å². The third-order valence-corrected chi connectivity index (χ3v) is 2.37. The summed E-state index contributed by atoms with van der Waals surface area (Å²) in [5.74, 6) is 0. The predicted octanol–water partition coefficient (Wildman–Crippen LogP) is 1.11. The highest BCUT2D eigenvalue weighted by Crippen LogP contribution is 1.95. The van der Waals surface area contributed by atoms with E-state index in [0.29, 0.717) is 6.42 Å². The predicted molar refractivity (Wildman–Crippen MR) is 79.9 cm³/mol. The number of aromatic nitrogens is 2. The van der Waals surface area contributed by atoms with Crippen LogP contribution in [-0.4, -0.2) is 23.4 Å². The zero-order valence-electron chi connectivity index (χ0n) is 11.5. The maximum atomic E-state index is 10.6. The van der Waals surface area contributed by atoms with Crippen molar-refractivity contribution in [2.45, 2.75) is 6.42 Å². The second kappa shape index (κ2) is 9.08. The Bertz CT molecular complexity index is 660. The molecule has 0 aromatic carbocycles. The highest BCUT2D eigenvalue weighted by molar-refractivity contribution is 5.54. The van der Waals surface area contributed by atoms with Crippen LogP contribution >= 0.6 is 0 Å². The third-order valence-electron chi connectivity index (χ3n) is 2.37. The highest BCUT2D eigenvalue weighted by atomic mass is 16.5. The van der Waals surface area contributed by atoms with E-state index in [1.807, 2.05) is 0 Å². The van der Waals surface area contributed by atoms with Gasteiger partial charge in [-0.1, -0.05) is 6.07 Å². The third kappa shape index (κ3) is 6.72. The number of aldehydes is 1. The first kappa shape index (κ1) is 16.2. The Labute approximate surface area is 121 Å². The molecule has 0 amide bonds. The topological polar surface area (TPSA) is 92.0 Å². The van der Waals surface area contributed by atoms with E-state index in [-0.39, 0.29) is 11.1 Å². The summed E-state index contributed by atoms with van der Waals surface area (Å²) in [4.78, 5) is 36.1. The van der Waals surface area contributed by atoms with E-state index in [1.165, 1.54) is 18.3 Å². The van der Waals surface area contributed by atoms with E-state index in [4.69, 9.17) is 4.74 Å². The summed E-state index contributed by atoms with van der Waals surface area (Å²) in [5, 5.41) is 0. The minimum Gasteiger partial charge on any atom is -0.504 e. The number of H-pyrrole nitrogens is 2. The SMILES string of the molecule is CO/C=C/c1ccc(=O)[nH]c1.O=CCc1ccc(=O)[nH]c1. The van der Waals surface area contributed by atoms with Crippen molar-refractivity contribution < 1.29 is 9.53 Å². The summed E-state index contributed by atoms with van der Waals surface area (Å²) in [7, 11) is 1.57. The molecule has 6 heteroatoms. The minimum absolute atomic E-state index is 0.0976. The van der Waals surface area contributed by atoms with Crippen molar-refractivity contribution in [3.8, 4) is 0 Å². The van der Waals surface area contributed by atoms with Gasteiger partial charge in [0.05, 0.1) is 13.4 Å². The van der Waals surface area contributed by atoms with Gasteiger partial charge < -0.3 is 19.5 Å². The summed E-state index contributed by atoms with van der Waals surface area (Å²) in [6.07, 6.45) is 7.63. The standard InChI is InChI=1S/C8H9NO2.C7H7NO2/c1-11-5-4-7-2-3-8(10)9-6-7;9-4-3-6-1-2-7(10)8-5-6/h2-6H,1H3,(H,9,10);1-2,4-5H,3H2,(H,8,10)/b5-4+;. The zero-order chi connectivity index (χ0) is 15.5. The van der Waals surface area contributed by atoms with Crippen LogP contribution in [0.15, 0.2) is 52.5 Å². The number of nitrogens with one attached hydrogen (secondary N) is 2. The van der Waals surface area contributed by atoms with Crippen molar-refractivity contribution in [3.05, 3.63) is 74.8 Å². The maximum absolute atomic E-state index is 10.6. The van der Waals surface area contributed by atoms with Crippen LogP contribution < -0.4 is 11.1 Å². The van der Waals surface area contributed by atoms with E-state index in [1.54, 1.807) is 37.8 Å². The fourth-order valence-corrected chi connectivity index (χ4v) is 1.34. The number of aromatic amines is 2. The van der Waals surface area contributed by atoms with Crippen molar-refractivity contribution in [2.75, 3.05) is 7.11 Å². The molecule has 2 rings (SSSR count). The summed E-state index contributed by atoms with van der Waals surface area (Å²) >= 11 is 0. The van der Waals surface area contributed by atoms with Gasteiger partial charge in [0, 0.05) is 30.9 Å². The van der Waals surface area contributed by atoms with Crippen LogP contribution in [0.4, 0.5) is 0 Å². The molecule has 0 unspecified atom stereocenters. The second-order valence-corrected chi connectivity index (χ2v) is 3.96. The van der Waals surface area contributed by atoms with E-state index in [0.717, 1.165) is 17.4 Å². The maximum Gasteiger partial charge on any atom is 0.247 e. The Morgan fingerprint density at radius 3 is 2.19 bits per heavy atom. The van der Waals surface area contributed by atoms with Gasteiger partial charge in [0.15, 0.2) is 0 Å². The molecule has 2 N–H and O–H groups in total. The van der Waals surface area contributed by atoms with Gasteiger partial charge in [-0.3, -0.25) is 9.59 Å². The lowest BCUT2D eigenvalue weighted by Crippen LogP contribution is -2.02. The Hall–Kier alpha value is -2.89. The first-order valence-corrected chi connectivity index (χ1v) is 6.15. The zero-order valence-corrected chi connectivity index (χ0v) is 11.5. The molecule has 0 bridgehead atoms. The number of rotatable bonds is 4. The molecule has 0 aliphatic heterocycles. The quantitative estimate of drug-likeness (QED) is 0.651. The van der Waals surface area contributed by atoms with Crippen LogP contribution in [0.3, 0.4) is 0 Å². The largest absolute Gasteiger partial charge is 0.504 e. The van der Waals surface area contributed by atoms with E-state index >= 15 is 0 Å². The average Bonchev–Trinajstić information content (AvgIpc) is 2.50. The summed E-state index contributed by atoms with van der Waals surface area (Å²) in [6.45, 7) is 0. The van der Waals surface area contributed by atoms with Crippen molar-refractivity contribution in [1.29, 1.82) is 0 Å². The molecule has 21 heavy (non-hydrogen) atoms. The number of carbonyl (C=O) groups is 1. The van der Waals surface area contributed by atoms with Crippen molar-refractivity contribution in [1.82, 2.24) is 9.97 Å². The van der Waals surface area contributed by atoms with E-state index in [9.17, 15) is 14.4 Å². The lowest BCUT2D eigenvalue weighted by atomic mass is 10.2. The summed E-state index contributed by atoms with van der Waals surface area (Å²) in [6, 6.07) is 6.22. The smallest absolute Gasteiger partial charge is 0.247 e. The molecule has 0 spiro atoms. The second-order valence-electron chi connectivity index (χ2n) is 3.96. The molecule has 110 valence electrons. The van der Waals surface area contributed by atoms with Crippen LogP contribution in [0.5, 0.6) is 0 Å². The van der Waals surface area contributed by atoms with Crippen molar-refractivity contribution >= 4 is 12.4 Å². The van der Waals surface area contributed by atoms with Crippen LogP contribution in [0.1, 0.15) is 11.1 Å². The van der Waals surface area contributed by atoms with Gasteiger partial charge in [0.1, 0.15) is 6.29 Å². The average molecular weight is 288 g/mol. The van der Waals surface area contributed by atoms with E-state index < -0.39 is 0 Å². The normalized spacial score (nSPS) is 9.76. The fourth-order valence-electron chi connectivity index (χ4n) is 1.34. The molecule has 2 heterocycles. The molecule has 0 saturated heterocycles. The molecule has 0 aliphatic rings. The van der Waals surface area contributed by atoms with Gasteiger partial charge in [0.2, 0.25) is 11.1 Å². The van der Waals surface area contributed by atoms with Gasteiger partial charge in [-0.2, -0.15) is 0 Å². The van der Waals surface area contributed by atoms with Crippen LogP contribution in [-0.2, 0) is 16.0 Å². The monoisotopic (exact) mass is 288 g/mol. The molecule has 6 nitrogen and oxygen atoms in total. The molecule has 0 fully saturated rings. The molecule has 0 radical (unpaired) electrons. The van der Waals surface area contributed by atoms with Gasteiger partial charge in [-0.25, -0.2) is 0 Å². The highest BCUT2D eigenvalue weighted by Gasteiger charge is 1.88. The Morgan fingerprint density at radius 2 is 1.71 bits per heavy atom. The van der Waals surface area contributed by atoms with Crippen molar-refractivity contribution in [3.63, 3.8) is 0 Å². The van der Waals surface area contributed by atoms with Crippen LogP contribution in [0, 0.1) is 0 Å². The molecule has 0 aliphatic carbocycles. The van der Waals surface area contributed by atoms with Crippen molar-refractivity contribution in [2.24, 2.45) is 0 Å². The molecule has 2 aromatic rings. The first-order valence-electron chi connectivity index (χ1n) is 6.15. The Balaban J connectivity index is 0.000000211. The summed E-state index contributed by atoms with van der Waals surface area (Å²) < 4.78 is 4.70. The van der Waals surface area contributed by atoms with Gasteiger partial charge >= 0.3 is 0 Å². The number of hydrogen-bond donors (Lipinski definition) is 2. The van der Waals surface area contributed by atoms with Crippen LogP contribution in [0.2, 0.25) is 0 Å². The van der Waals surface area contributed by atoms with Gasteiger partial charge in [-0.15, -0.1) is 0 Å². The molecular weight excluding hydrogens is 272 g/mol. The fraction of sp³-hybridized carbons (Fsp3) is 0.133. The lowest BCUT2D eigenvalue weighted by molar-refractivity contribution is -0.107. The summed E-state index contributed by atoms with van der Waals surface area (Å²) in [5.41, 5.74) is 1.50. The Kier molecular flexibility index (Phi) is 6.99. The molecule has 2 aromatic heterocycles. The van der Waals surface area contributed by atoms with Gasteiger partial charge in [-0.05, 0) is 23.3 Å². The molecule has 0 saturated carbocycles. The Morgan fingerprint density at radius 1 is 1.05 bits per heavy atom. The number of hydrogen-bond acceptors (Lipinski definition) is 4. The lowest BCUT2D eigenvalue weighted by Gasteiger charge is -1.89. The molecule has 0 atom stereocenters.